The van der Waals surface area contributed by atoms with Crippen LogP contribution in [0.2, 0.25) is 0 Å². The lowest BCUT2D eigenvalue weighted by molar-refractivity contribution is -0.115. The predicted molar refractivity (Wildman–Crippen MR) is 75.2 cm³/mol. The highest BCUT2D eigenvalue weighted by Gasteiger charge is 2.00. The minimum atomic E-state index is 0.0234. The number of anilines is 2. The zero-order valence-corrected chi connectivity index (χ0v) is 10.3. The molecule has 0 atom stereocenters. The lowest BCUT2D eigenvalue weighted by Gasteiger charge is -2.06. The second kappa shape index (κ2) is 5.36. The number of rotatable bonds is 3. The summed E-state index contributed by atoms with van der Waals surface area (Å²) in [5.74, 6) is 0.0234. The first-order valence-electron chi connectivity index (χ1n) is 5.95. The number of amides is 1. The molecule has 0 saturated carbocycles. The third kappa shape index (κ3) is 2.88. The van der Waals surface area contributed by atoms with Gasteiger partial charge in [0, 0.05) is 17.8 Å². The van der Waals surface area contributed by atoms with Crippen molar-refractivity contribution in [2.24, 2.45) is 0 Å². The number of hydrogen-bond acceptors (Lipinski definition) is 2. The molecule has 18 heavy (non-hydrogen) atoms. The number of carbonyl (C=O) groups excluding carboxylic acids is 1. The van der Waals surface area contributed by atoms with Crippen LogP contribution in [0.5, 0.6) is 0 Å². The molecule has 0 aliphatic carbocycles. The maximum atomic E-state index is 11.2. The van der Waals surface area contributed by atoms with Crippen molar-refractivity contribution in [2.45, 2.75) is 13.3 Å². The number of nitrogens with two attached hydrogens (primary N) is 1. The van der Waals surface area contributed by atoms with E-state index in [9.17, 15) is 4.79 Å². The summed E-state index contributed by atoms with van der Waals surface area (Å²) in [5.41, 5.74) is 9.44. The van der Waals surface area contributed by atoms with Crippen LogP contribution in [-0.4, -0.2) is 5.91 Å². The highest BCUT2D eigenvalue weighted by Crippen LogP contribution is 2.22. The normalized spacial score (nSPS) is 10.1. The van der Waals surface area contributed by atoms with Gasteiger partial charge in [0.25, 0.3) is 0 Å². The fourth-order valence-electron chi connectivity index (χ4n) is 1.67. The third-order valence-corrected chi connectivity index (χ3v) is 2.73. The van der Waals surface area contributed by atoms with Crippen molar-refractivity contribution in [3.05, 3.63) is 48.5 Å². The molecule has 2 aromatic rings. The molecule has 0 radical (unpaired) electrons. The summed E-state index contributed by atoms with van der Waals surface area (Å²) in [6.45, 7) is 1.83. The van der Waals surface area contributed by atoms with Crippen LogP contribution >= 0.6 is 0 Å². The molecule has 0 fully saturated rings. The molecule has 0 aliphatic heterocycles. The van der Waals surface area contributed by atoms with Gasteiger partial charge in [0.05, 0.1) is 0 Å². The fourth-order valence-corrected chi connectivity index (χ4v) is 1.67. The topological polar surface area (TPSA) is 55.1 Å². The van der Waals surface area contributed by atoms with Gasteiger partial charge in [-0.1, -0.05) is 31.2 Å². The molecule has 0 aromatic heterocycles. The van der Waals surface area contributed by atoms with E-state index in [1.165, 1.54) is 0 Å². The van der Waals surface area contributed by atoms with Crippen molar-refractivity contribution < 1.29 is 4.79 Å². The molecule has 3 N–H and O–H groups in total. The third-order valence-electron chi connectivity index (χ3n) is 2.73. The summed E-state index contributed by atoms with van der Waals surface area (Å²) < 4.78 is 0. The van der Waals surface area contributed by atoms with Crippen molar-refractivity contribution in [1.82, 2.24) is 0 Å². The number of carbonyl (C=O) groups is 1. The van der Waals surface area contributed by atoms with E-state index >= 15 is 0 Å². The number of nitrogens with one attached hydrogen (secondary N) is 1. The Bertz CT molecular complexity index is 529. The van der Waals surface area contributed by atoms with Gasteiger partial charge in [-0.15, -0.1) is 0 Å². The van der Waals surface area contributed by atoms with E-state index in [1.54, 1.807) is 0 Å². The molecule has 2 aromatic carbocycles. The Morgan fingerprint density at radius 1 is 1.00 bits per heavy atom. The summed E-state index contributed by atoms with van der Waals surface area (Å²) in [6, 6.07) is 15.5. The van der Waals surface area contributed by atoms with Crippen LogP contribution in [0.4, 0.5) is 11.4 Å². The molecule has 0 bridgehead atoms. The van der Waals surface area contributed by atoms with Gasteiger partial charge in [-0.05, 0) is 35.4 Å². The van der Waals surface area contributed by atoms with Crippen LogP contribution < -0.4 is 11.1 Å². The van der Waals surface area contributed by atoms with Crippen molar-refractivity contribution >= 4 is 17.3 Å². The second-order valence-corrected chi connectivity index (χ2v) is 4.10. The van der Waals surface area contributed by atoms with E-state index < -0.39 is 0 Å². The summed E-state index contributed by atoms with van der Waals surface area (Å²) in [6.07, 6.45) is 0.486. The Morgan fingerprint density at radius 3 is 2.00 bits per heavy atom. The summed E-state index contributed by atoms with van der Waals surface area (Å²) in [7, 11) is 0. The Labute approximate surface area is 107 Å². The average Bonchev–Trinajstić information content (AvgIpc) is 2.40. The first-order chi connectivity index (χ1) is 8.69. The lowest BCUT2D eigenvalue weighted by Crippen LogP contribution is -2.08. The van der Waals surface area contributed by atoms with Crippen molar-refractivity contribution in [2.75, 3.05) is 11.1 Å². The SMILES string of the molecule is CCC(=O)Nc1ccc(-c2ccc(N)cc2)cc1. The fraction of sp³-hybridized carbons (Fsp3) is 0.133. The van der Waals surface area contributed by atoms with Crippen LogP contribution in [0, 0.1) is 0 Å². The van der Waals surface area contributed by atoms with E-state index in [0.717, 1.165) is 22.5 Å². The van der Waals surface area contributed by atoms with E-state index in [4.69, 9.17) is 5.73 Å². The van der Waals surface area contributed by atoms with Gasteiger partial charge in [-0.25, -0.2) is 0 Å². The van der Waals surface area contributed by atoms with E-state index in [2.05, 4.69) is 5.32 Å². The predicted octanol–water partition coefficient (Wildman–Crippen LogP) is 3.28. The summed E-state index contributed by atoms with van der Waals surface area (Å²) in [4.78, 5) is 11.2. The molecule has 0 aliphatic rings. The molecular weight excluding hydrogens is 224 g/mol. The van der Waals surface area contributed by atoms with Gasteiger partial charge in [0.2, 0.25) is 5.91 Å². The van der Waals surface area contributed by atoms with Crippen LogP contribution in [0.1, 0.15) is 13.3 Å². The van der Waals surface area contributed by atoms with Gasteiger partial charge in [-0.2, -0.15) is 0 Å². The van der Waals surface area contributed by atoms with Gasteiger partial charge in [-0.3, -0.25) is 4.79 Å². The first-order valence-corrected chi connectivity index (χ1v) is 5.95. The monoisotopic (exact) mass is 240 g/mol. The largest absolute Gasteiger partial charge is 0.399 e. The van der Waals surface area contributed by atoms with E-state index in [0.29, 0.717) is 6.42 Å². The lowest BCUT2D eigenvalue weighted by atomic mass is 10.1. The molecule has 3 nitrogen and oxygen atoms in total. The van der Waals surface area contributed by atoms with E-state index in [-0.39, 0.29) is 5.91 Å². The minimum Gasteiger partial charge on any atom is -0.399 e. The number of hydrogen-bond donors (Lipinski definition) is 2. The van der Waals surface area contributed by atoms with Gasteiger partial charge in [0.1, 0.15) is 0 Å². The molecular formula is C15H16N2O. The number of nitrogen functional groups attached to an aromatic ring is 1. The van der Waals surface area contributed by atoms with Crippen molar-refractivity contribution in [3.8, 4) is 11.1 Å². The van der Waals surface area contributed by atoms with Crippen LogP contribution in [0.15, 0.2) is 48.5 Å². The standard InChI is InChI=1S/C15H16N2O/c1-2-15(18)17-14-9-5-12(6-10-14)11-3-7-13(16)8-4-11/h3-10H,2,16H2,1H3,(H,17,18). The zero-order valence-electron chi connectivity index (χ0n) is 10.3. The van der Waals surface area contributed by atoms with Crippen LogP contribution in [-0.2, 0) is 4.79 Å². The molecule has 0 heterocycles. The zero-order chi connectivity index (χ0) is 13.0. The molecule has 0 spiro atoms. The first kappa shape index (κ1) is 12.2. The quantitative estimate of drug-likeness (QED) is 0.809. The highest BCUT2D eigenvalue weighted by atomic mass is 16.1. The van der Waals surface area contributed by atoms with Gasteiger partial charge >= 0.3 is 0 Å². The Hall–Kier alpha value is -2.29. The molecule has 3 heteroatoms. The van der Waals surface area contributed by atoms with Crippen LogP contribution in [0.25, 0.3) is 11.1 Å². The summed E-state index contributed by atoms with van der Waals surface area (Å²) in [5, 5.41) is 2.82. The maximum Gasteiger partial charge on any atom is 0.224 e. The van der Waals surface area contributed by atoms with Gasteiger partial charge < -0.3 is 11.1 Å². The molecule has 92 valence electrons. The number of benzene rings is 2. The highest BCUT2D eigenvalue weighted by molar-refractivity contribution is 5.90. The van der Waals surface area contributed by atoms with Gasteiger partial charge in [0.15, 0.2) is 0 Å². The van der Waals surface area contributed by atoms with Crippen molar-refractivity contribution in [3.63, 3.8) is 0 Å². The minimum absolute atomic E-state index is 0.0234. The van der Waals surface area contributed by atoms with Crippen molar-refractivity contribution in [1.29, 1.82) is 0 Å². The maximum absolute atomic E-state index is 11.2. The smallest absolute Gasteiger partial charge is 0.224 e. The Kier molecular flexibility index (Phi) is 3.63. The average molecular weight is 240 g/mol. The second-order valence-electron chi connectivity index (χ2n) is 4.10. The van der Waals surface area contributed by atoms with E-state index in [1.807, 2.05) is 55.5 Å². The molecule has 0 unspecified atom stereocenters. The Morgan fingerprint density at radius 2 is 1.50 bits per heavy atom. The molecule has 0 saturated heterocycles. The van der Waals surface area contributed by atoms with Crippen LogP contribution in [0.3, 0.4) is 0 Å². The Balaban J connectivity index is 2.17. The molecule has 2 rings (SSSR count). The molecule has 1 amide bonds. The summed E-state index contributed by atoms with van der Waals surface area (Å²) >= 11 is 0.